The van der Waals surface area contributed by atoms with Crippen LogP contribution in [0.1, 0.15) is 45.1 Å². The van der Waals surface area contributed by atoms with Crippen LogP contribution in [0.25, 0.3) is 0 Å². The van der Waals surface area contributed by atoms with E-state index < -0.39 is 6.10 Å². The number of nitrogens with one attached hydrogen (secondary N) is 1. The molecule has 5 atom stereocenters. The Hall–Kier alpha value is -2.02. The number of ether oxygens (including phenoxy) is 1. The molecule has 2 saturated carbocycles. The van der Waals surface area contributed by atoms with Crippen molar-refractivity contribution < 1.29 is 9.53 Å². The highest BCUT2D eigenvalue weighted by atomic mass is 16.5. The average molecular weight is 312 g/mol. The van der Waals surface area contributed by atoms with Gasteiger partial charge in [-0.1, -0.05) is 6.42 Å². The third-order valence-corrected chi connectivity index (χ3v) is 5.47. The van der Waals surface area contributed by atoms with E-state index in [1.54, 1.807) is 31.2 Å². The SMILES string of the molecule is CC(Oc1ccc(C#N)cc1)C(=O)NC(C)C1CC2CCC1C2. The molecule has 1 N–H and O–H groups in total. The van der Waals surface area contributed by atoms with Crippen molar-refractivity contribution in [1.82, 2.24) is 5.32 Å². The first-order chi connectivity index (χ1) is 11.1. The van der Waals surface area contributed by atoms with Gasteiger partial charge in [-0.25, -0.2) is 0 Å². The first-order valence-corrected chi connectivity index (χ1v) is 8.54. The molecule has 0 aliphatic heterocycles. The van der Waals surface area contributed by atoms with Crippen LogP contribution in [0, 0.1) is 29.1 Å². The molecule has 0 saturated heterocycles. The Labute approximate surface area is 137 Å². The average Bonchev–Trinajstić information content (AvgIpc) is 3.18. The number of nitrogens with zero attached hydrogens (tertiary/aromatic N) is 1. The Bertz CT molecular complexity index is 605. The molecular weight excluding hydrogens is 288 g/mol. The first-order valence-electron chi connectivity index (χ1n) is 8.54. The number of hydrogen-bond donors (Lipinski definition) is 1. The van der Waals surface area contributed by atoms with E-state index in [0.717, 1.165) is 11.8 Å². The zero-order chi connectivity index (χ0) is 16.4. The quantitative estimate of drug-likeness (QED) is 0.907. The van der Waals surface area contributed by atoms with E-state index in [9.17, 15) is 4.79 Å². The predicted octanol–water partition coefficient (Wildman–Crippen LogP) is 3.27. The smallest absolute Gasteiger partial charge is 0.260 e. The first kappa shape index (κ1) is 15.9. The van der Waals surface area contributed by atoms with Crippen molar-refractivity contribution in [2.75, 3.05) is 0 Å². The zero-order valence-corrected chi connectivity index (χ0v) is 13.8. The molecule has 0 heterocycles. The molecule has 0 spiro atoms. The fourth-order valence-corrected chi connectivity index (χ4v) is 4.22. The summed E-state index contributed by atoms with van der Waals surface area (Å²) in [4.78, 5) is 12.4. The molecule has 5 unspecified atom stereocenters. The van der Waals surface area contributed by atoms with E-state index in [1.165, 1.54) is 25.7 Å². The van der Waals surface area contributed by atoms with Gasteiger partial charge in [0, 0.05) is 6.04 Å². The minimum absolute atomic E-state index is 0.0652. The number of carbonyl (C=O) groups excluding carboxylic acids is 1. The molecule has 2 aliphatic carbocycles. The Morgan fingerprint density at radius 3 is 2.57 bits per heavy atom. The van der Waals surface area contributed by atoms with Gasteiger partial charge in [-0.05, 0) is 75.1 Å². The predicted molar refractivity (Wildman–Crippen MR) is 87.8 cm³/mol. The monoisotopic (exact) mass is 312 g/mol. The number of benzene rings is 1. The third kappa shape index (κ3) is 3.50. The second-order valence-electron chi connectivity index (χ2n) is 7.03. The summed E-state index contributed by atoms with van der Waals surface area (Å²) in [7, 11) is 0. The van der Waals surface area contributed by atoms with Gasteiger partial charge in [-0.3, -0.25) is 4.79 Å². The van der Waals surface area contributed by atoms with Crippen molar-refractivity contribution in [3.63, 3.8) is 0 Å². The minimum atomic E-state index is -0.538. The molecule has 3 rings (SSSR count). The van der Waals surface area contributed by atoms with Crippen LogP contribution in [-0.2, 0) is 4.79 Å². The number of amides is 1. The van der Waals surface area contributed by atoms with Crippen LogP contribution in [0.4, 0.5) is 0 Å². The molecule has 1 aromatic rings. The molecule has 0 radical (unpaired) electrons. The van der Waals surface area contributed by atoms with Gasteiger partial charge in [0.05, 0.1) is 11.6 Å². The van der Waals surface area contributed by atoms with E-state index in [0.29, 0.717) is 17.2 Å². The molecule has 23 heavy (non-hydrogen) atoms. The Kier molecular flexibility index (Phi) is 4.56. The minimum Gasteiger partial charge on any atom is -0.481 e. The summed E-state index contributed by atoms with van der Waals surface area (Å²) in [6.07, 6.45) is 4.77. The van der Waals surface area contributed by atoms with E-state index in [2.05, 4.69) is 18.3 Å². The number of carbonyl (C=O) groups is 1. The van der Waals surface area contributed by atoms with Gasteiger partial charge in [-0.15, -0.1) is 0 Å². The molecule has 0 aromatic heterocycles. The zero-order valence-electron chi connectivity index (χ0n) is 13.8. The van der Waals surface area contributed by atoms with Crippen molar-refractivity contribution in [2.24, 2.45) is 17.8 Å². The number of rotatable bonds is 5. The normalized spacial score (nSPS) is 28.0. The molecule has 1 aromatic carbocycles. The molecule has 4 heteroatoms. The number of nitriles is 1. The van der Waals surface area contributed by atoms with Crippen LogP contribution in [-0.4, -0.2) is 18.1 Å². The lowest BCUT2D eigenvalue weighted by molar-refractivity contribution is -0.128. The Morgan fingerprint density at radius 2 is 2.00 bits per heavy atom. The van der Waals surface area contributed by atoms with Crippen molar-refractivity contribution in [1.29, 1.82) is 5.26 Å². The molecular formula is C19H24N2O2. The Balaban J connectivity index is 1.51. The highest BCUT2D eigenvalue weighted by Crippen LogP contribution is 2.49. The van der Waals surface area contributed by atoms with Gasteiger partial charge in [0.15, 0.2) is 6.10 Å². The van der Waals surface area contributed by atoms with Gasteiger partial charge < -0.3 is 10.1 Å². The summed E-state index contributed by atoms with van der Waals surface area (Å²) < 4.78 is 5.68. The molecule has 2 bridgehead atoms. The van der Waals surface area contributed by atoms with E-state index in [-0.39, 0.29) is 11.9 Å². The lowest BCUT2D eigenvalue weighted by Crippen LogP contribution is -2.45. The second kappa shape index (κ2) is 6.62. The van der Waals surface area contributed by atoms with Gasteiger partial charge >= 0.3 is 0 Å². The lowest BCUT2D eigenvalue weighted by atomic mass is 9.84. The van der Waals surface area contributed by atoms with E-state index in [1.807, 2.05) is 0 Å². The number of fused-ring (bicyclic) bond motifs is 2. The largest absolute Gasteiger partial charge is 0.481 e. The maximum absolute atomic E-state index is 12.4. The van der Waals surface area contributed by atoms with Crippen LogP contribution in [0.2, 0.25) is 0 Å². The fourth-order valence-electron chi connectivity index (χ4n) is 4.22. The van der Waals surface area contributed by atoms with Crippen molar-refractivity contribution >= 4 is 5.91 Å². The van der Waals surface area contributed by atoms with Gasteiger partial charge in [-0.2, -0.15) is 5.26 Å². The second-order valence-corrected chi connectivity index (χ2v) is 7.03. The van der Waals surface area contributed by atoms with Crippen LogP contribution in [0.15, 0.2) is 24.3 Å². The molecule has 4 nitrogen and oxygen atoms in total. The third-order valence-electron chi connectivity index (χ3n) is 5.47. The summed E-state index contributed by atoms with van der Waals surface area (Å²) in [6, 6.07) is 9.11. The summed E-state index contributed by atoms with van der Waals surface area (Å²) in [5, 5.41) is 11.9. The summed E-state index contributed by atoms with van der Waals surface area (Å²) >= 11 is 0. The standard InChI is InChI=1S/C19H24N2O2/c1-12(18-10-15-3-6-16(18)9-15)21-19(22)13(2)23-17-7-4-14(11-20)5-8-17/h4-5,7-8,12-13,15-16,18H,3,6,9-10H2,1-2H3,(H,21,22). The summed E-state index contributed by atoms with van der Waals surface area (Å²) in [6.45, 7) is 3.89. The van der Waals surface area contributed by atoms with Crippen molar-refractivity contribution in [3.05, 3.63) is 29.8 Å². The van der Waals surface area contributed by atoms with Crippen LogP contribution in [0.5, 0.6) is 5.75 Å². The molecule has 122 valence electrons. The van der Waals surface area contributed by atoms with Crippen LogP contribution >= 0.6 is 0 Å². The van der Waals surface area contributed by atoms with Gasteiger partial charge in [0.2, 0.25) is 0 Å². The highest BCUT2D eigenvalue weighted by molar-refractivity contribution is 5.81. The van der Waals surface area contributed by atoms with Gasteiger partial charge in [0.1, 0.15) is 5.75 Å². The van der Waals surface area contributed by atoms with Crippen LogP contribution in [0.3, 0.4) is 0 Å². The van der Waals surface area contributed by atoms with Crippen LogP contribution < -0.4 is 10.1 Å². The van der Waals surface area contributed by atoms with Crippen molar-refractivity contribution in [3.8, 4) is 11.8 Å². The molecule has 1 amide bonds. The van der Waals surface area contributed by atoms with E-state index >= 15 is 0 Å². The van der Waals surface area contributed by atoms with E-state index in [4.69, 9.17) is 10.00 Å². The highest BCUT2D eigenvalue weighted by Gasteiger charge is 2.42. The maximum Gasteiger partial charge on any atom is 0.260 e. The maximum atomic E-state index is 12.4. The topological polar surface area (TPSA) is 62.1 Å². The van der Waals surface area contributed by atoms with Gasteiger partial charge in [0.25, 0.3) is 5.91 Å². The fraction of sp³-hybridized carbons (Fsp3) is 0.579. The summed E-state index contributed by atoms with van der Waals surface area (Å²) in [5.41, 5.74) is 0.583. The lowest BCUT2D eigenvalue weighted by Gasteiger charge is -2.29. The summed E-state index contributed by atoms with van der Waals surface area (Å²) in [5.74, 6) is 2.85. The molecule has 2 aliphatic rings. The molecule has 2 fully saturated rings. The Morgan fingerprint density at radius 1 is 1.26 bits per heavy atom. The number of hydrogen-bond acceptors (Lipinski definition) is 3. The van der Waals surface area contributed by atoms with Crippen molar-refractivity contribution in [2.45, 2.75) is 51.7 Å².